The fourth-order valence-corrected chi connectivity index (χ4v) is 3.45. The van der Waals surface area contributed by atoms with E-state index in [0.29, 0.717) is 6.04 Å². The van der Waals surface area contributed by atoms with Crippen molar-refractivity contribution in [1.82, 2.24) is 0 Å². The van der Waals surface area contributed by atoms with Gasteiger partial charge >= 0.3 is 0 Å². The van der Waals surface area contributed by atoms with E-state index in [1.54, 1.807) is 5.57 Å². The topological polar surface area (TPSA) is 16.6 Å². The summed E-state index contributed by atoms with van der Waals surface area (Å²) in [5.74, 6) is 1.62. The molecule has 0 amide bonds. The highest BCUT2D eigenvalue weighted by Gasteiger charge is 2.37. The molecule has 1 aliphatic carbocycles. The predicted molar refractivity (Wildman–Crippen MR) is 71.0 cm³/mol. The molecule has 3 atom stereocenters. The van der Waals surface area contributed by atoms with Crippen molar-refractivity contribution in [2.24, 2.45) is 11.8 Å². The molecule has 2 N–H and O–H groups in total. The molecule has 0 radical (unpaired) electrons. The Balaban J connectivity index is 1.90. The Bertz CT molecular complexity index is 435. The fourth-order valence-electron chi connectivity index (χ4n) is 3.32. The van der Waals surface area contributed by atoms with Crippen molar-refractivity contribution >= 4 is 11.6 Å². The van der Waals surface area contributed by atoms with E-state index in [2.05, 4.69) is 30.4 Å². The number of rotatable bonds is 1. The van der Waals surface area contributed by atoms with Crippen molar-refractivity contribution in [2.75, 3.05) is 6.54 Å². The Morgan fingerprint density at radius 1 is 1.24 bits per heavy atom. The number of fused-ring (bicyclic) bond motifs is 2. The molecule has 1 heterocycles. The molecular formula is C15H19ClN+. The highest BCUT2D eigenvalue weighted by molar-refractivity contribution is 6.30. The molecule has 2 aliphatic rings. The first-order valence-corrected chi connectivity index (χ1v) is 6.87. The number of hydrogen-bond acceptors (Lipinski definition) is 0. The summed E-state index contributed by atoms with van der Waals surface area (Å²) < 4.78 is 0. The molecule has 0 saturated carbocycles. The molecule has 1 fully saturated rings. The highest BCUT2D eigenvalue weighted by atomic mass is 35.5. The lowest BCUT2D eigenvalue weighted by atomic mass is 9.73. The minimum atomic E-state index is 0.597. The monoisotopic (exact) mass is 248 g/mol. The Labute approximate surface area is 108 Å². The summed E-state index contributed by atoms with van der Waals surface area (Å²) in [5.41, 5.74) is 3.00. The maximum absolute atomic E-state index is 5.96. The van der Waals surface area contributed by atoms with Crippen LogP contribution < -0.4 is 5.32 Å². The summed E-state index contributed by atoms with van der Waals surface area (Å²) in [4.78, 5) is 0. The van der Waals surface area contributed by atoms with E-state index in [1.165, 1.54) is 24.9 Å². The van der Waals surface area contributed by atoms with Crippen molar-refractivity contribution in [1.29, 1.82) is 0 Å². The summed E-state index contributed by atoms with van der Waals surface area (Å²) in [7, 11) is 0. The molecule has 1 aromatic rings. The number of quaternary nitrogens is 1. The highest BCUT2D eigenvalue weighted by Crippen LogP contribution is 2.38. The van der Waals surface area contributed by atoms with Gasteiger partial charge in [0, 0.05) is 22.4 Å². The smallest absolute Gasteiger partial charge is 0.118 e. The lowest BCUT2D eigenvalue weighted by Crippen LogP contribution is -2.90. The van der Waals surface area contributed by atoms with Gasteiger partial charge in [-0.25, -0.2) is 0 Å². The summed E-state index contributed by atoms with van der Waals surface area (Å²) in [6, 6.07) is 8.99. The van der Waals surface area contributed by atoms with Gasteiger partial charge in [0.2, 0.25) is 0 Å². The third-order valence-corrected chi connectivity index (χ3v) is 4.61. The third-order valence-electron chi connectivity index (χ3n) is 4.36. The number of allylic oxidation sites excluding steroid dienone is 1. The van der Waals surface area contributed by atoms with E-state index in [1.807, 2.05) is 12.1 Å². The van der Waals surface area contributed by atoms with Crippen molar-refractivity contribution in [3.8, 4) is 0 Å². The summed E-state index contributed by atoms with van der Waals surface area (Å²) in [6.07, 6.45) is 5.10. The van der Waals surface area contributed by atoms with E-state index >= 15 is 0 Å². The van der Waals surface area contributed by atoms with Gasteiger partial charge in [-0.05, 0) is 31.9 Å². The van der Waals surface area contributed by atoms with E-state index in [4.69, 9.17) is 11.6 Å². The van der Waals surface area contributed by atoms with Crippen LogP contribution in [0.3, 0.4) is 0 Å². The lowest BCUT2D eigenvalue weighted by molar-refractivity contribution is -0.716. The molecule has 2 heteroatoms. The first-order valence-electron chi connectivity index (χ1n) is 6.49. The van der Waals surface area contributed by atoms with Crippen LogP contribution in [0.25, 0.3) is 0 Å². The van der Waals surface area contributed by atoms with Gasteiger partial charge < -0.3 is 5.32 Å². The number of nitrogens with two attached hydrogens (primary N) is 1. The standard InChI is InChI=1S/C15H18ClN/c1-10-2-3-11-8-14(10)15(17-9-11)12-4-6-13(16)7-5-12/h2,4-7,11,14-15,17H,3,8-9H2,1H3/p+1. The third kappa shape index (κ3) is 2.14. The van der Waals surface area contributed by atoms with Crippen LogP contribution in [0.15, 0.2) is 35.9 Å². The Morgan fingerprint density at radius 2 is 2.00 bits per heavy atom. The molecule has 90 valence electrons. The van der Waals surface area contributed by atoms with Gasteiger partial charge in [0.25, 0.3) is 0 Å². The summed E-state index contributed by atoms with van der Waals surface area (Å²) in [5, 5.41) is 3.36. The van der Waals surface area contributed by atoms with E-state index in [0.717, 1.165) is 16.9 Å². The SMILES string of the molecule is CC1=CCC2C[NH2+]C(c3ccc(Cl)cc3)C1C2. The summed E-state index contributed by atoms with van der Waals surface area (Å²) in [6.45, 7) is 3.57. The number of piperidine rings is 1. The van der Waals surface area contributed by atoms with Crippen molar-refractivity contribution in [2.45, 2.75) is 25.8 Å². The largest absolute Gasteiger partial charge is 0.339 e. The van der Waals surface area contributed by atoms with Gasteiger partial charge in [-0.2, -0.15) is 0 Å². The first kappa shape index (κ1) is 11.3. The van der Waals surface area contributed by atoms with Gasteiger partial charge in [-0.15, -0.1) is 0 Å². The van der Waals surface area contributed by atoms with Gasteiger partial charge in [0.05, 0.1) is 6.54 Å². The molecule has 1 nitrogen and oxygen atoms in total. The Hall–Kier alpha value is -0.790. The molecule has 3 rings (SSSR count). The van der Waals surface area contributed by atoms with Crippen LogP contribution in [-0.4, -0.2) is 6.54 Å². The normalized spacial score (nSPS) is 32.1. The van der Waals surface area contributed by atoms with Crippen LogP contribution in [0.2, 0.25) is 5.02 Å². The minimum absolute atomic E-state index is 0.597. The molecule has 1 aromatic carbocycles. The van der Waals surface area contributed by atoms with Crippen LogP contribution in [-0.2, 0) is 0 Å². The molecule has 0 aromatic heterocycles. The van der Waals surface area contributed by atoms with Gasteiger partial charge in [0.15, 0.2) is 0 Å². The van der Waals surface area contributed by atoms with Gasteiger partial charge in [-0.3, -0.25) is 0 Å². The number of hydrogen-bond donors (Lipinski definition) is 1. The zero-order valence-electron chi connectivity index (χ0n) is 10.2. The lowest BCUT2D eigenvalue weighted by Gasteiger charge is -2.38. The Morgan fingerprint density at radius 3 is 2.76 bits per heavy atom. The Kier molecular flexibility index (Phi) is 2.97. The number of halogens is 1. The average molecular weight is 249 g/mol. The van der Waals surface area contributed by atoms with E-state index in [9.17, 15) is 0 Å². The van der Waals surface area contributed by atoms with Crippen LogP contribution in [0.4, 0.5) is 0 Å². The van der Waals surface area contributed by atoms with Gasteiger partial charge in [0.1, 0.15) is 6.04 Å². The molecule has 1 saturated heterocycles. The van der Waals surface area contributed by atoms with Crippen LogP contribution in [0.5, 0.6) is 0 Å². The molecular weight excluding hydrogens is 230 g/mol. The molecule has 3 unspecified atom stereocenters. The first-order chi connectivity index (χ1) is 8.24. The van der Waals surface area contributed by atoms with Crippen LogP contribution >= 0.6 is 11.6 Å². The molecule has 2 bridgehead atoms. The van der Waals surface area contributed by atoms with E-state index < -0.39 is 0 Å². The second-order valence-electron chi connectivity index (χ2n) is 5.44. The summed E-state index contributed by atoms with van der Waals surface area (Å²) >= 11 is 5.96. The zero-order chi connectivity index (χ0) is 11.8. The van der Waals surface area contributed by atoms with Crippen molar-refractivity contribution in [3.05, 3.63) is 46.5 Å². The van der Waals surface area contributed by atoms with Gasteiger partial charge in [-0.1, -0.05) is 35.4 Å². The molecule has 1 aliphatic heterocycles. The molecule has 17 heavy (non-hydrogen) atoms. The zero-order valence-corrected chi connectivity index (χ0v) is 11.0. The second kappa shape index (κ2) is 4.47. The number of benzene rings is 1. The fraction of sp³-hybridized carbons (Fsp3) is 0.467. The average Bonchev–Trinajstić information content (AvgIpc) is 2.36. The van der Waals surface area contributed by atoms with E-state index in [-0.39, 0.29) is 0 Å². The predicted octanol–water partition coefficient (Wildman–Crippen LogP) is 2.93. The van der Waals surface area contributed by atoms with Crippen LogP contribution in [0.1, 0.15) is 31.4 Å². The maximum atomic E-state index is 5.96. The minimum Gasteiger partial charge on any atom is -0.339 e. The van der Waals surface area contributed by atoms with Crippen molar-refractivity contribution < 1.29 is 5.32 Å². The second-order valence-corrected chi connectivity index (χ2v) is 5.88. The van der Waals surface area contributed by atoms with Crippen LogP contribution in [0, 0.1) is 11.8 Å². The van der Waals surface area contributed by atoms with Crippen molar-refractivity contribution in [3.63, 3.8) is 0 Å². The maximum Gasteiger partial charge on any atom is 0.118 e. The quantitative estimate of drug-likeness (QED) is 0.736. The molecule has 0 spiro atoms.